The molecule has 0 amide bonds. The summed E-state index contributed by atoms with van der Waals surface area (Å²) in [6, 6.07) is 41.3. The Balaban J connectivity index is 0.000000223. The number of phenols is 6. The third-order valence-corrected chi connectivity index (χ3v) is 7.25. The number of ether oxygens (including phenoxy) is 1. The van der Waals surface area contributed by atoms with Gasteiger partial charge in [0.2, 0.25) is 0 Å². The molecule has 6 N–H and O–H groups in total. The zero-order valence-corrected chi connectivity index (χ0v) is 24.1. The SMILES string of the molecule is Oc1ccc(C(c2ccc(O)cc2)C(c2ccc(O)cc2)c2ccc(O)cc2)cc1.Oc1ccc(Oc2ccc(O)cc2)cc1. The van der Waals surface area contributed by atoms with Crippen LogP contribution in [0.4, 0.5) is 0 Å². The second kappa shape index (κ2) is 13.9. The minimum atomic E-state index is -0.139. The van der Waals surface area contributed by atoms with Crippen molar-refractivity contribution in [2.75, 3.05) is 0 Å². The number of phenolic OH excluding ortho intramolecular Hbond substituents is 6. The topological polar surface area (TPSA) is 131 Å². The quantitative estimate of drug-likeness (QED) is 0.109. The molecule has 45 heavy (non-hydrogen) atoms. The Morgan fingerprint density at radius 1 is 0.267 bits per heavy atom. The number of hydrogen-bond donors (Lipinski definition) is 6. The van der Waals surface area contributed by atoms with Crippen molar-refractivity contribution in [2.45, 2.75) is 11.8 Å². The van der Waals surface area contributed by atoms with Crippen LogP contribution in [0.5, 0.6) is 46.0 Å². The lowest BCUT2D eigenvalue weighted by molar-refractivity contribution is 0.459. The lowest BCUT2D eigenvalue weighted by Gasteiger charge is -2.29. The molecule has 0 atom stereocenters. The zero-order chi connectivity index (χ0) is 31.8. The van der Waals surface area contributed by atoms with E-state index in [4.69, 9.17) is 14.9 Å². The zero-order valence-electron chi connectivity index (χ0n) is 24.1. The maximum absolute atomic E-state index is 9.79. The molecule has 0 aliphatic carbocycles. The van der Waals surface area contributed by atoms with E-state index in [-0.39, 0.29) is 46.3 Å². The standard InChI is InChI=1S/C26H22O4.C12H10O3/c27-21-9-1-17(2-10-21)25(18-3-11-22(28)12-4-18)26(19-5-13-23(29)14-6-19)20-7-15-24(30)16-8-20;13-9-1-5-11(6-2-9)15-12-7-3-10(14)4-8-12/h1-16,25-30H;1-8,13-14H. The minimum Gasteiger partial charge on any atom is -0.508 e. The first kappa shape index (κ1) is 30.4. The average molecular weight is 601 g/mol. The normalized spacial score (nSPS) is 10.7. The van der Waals surface area contributed by atoms with Crippen LogP contribution in [0.3, 0.4) is 0 Å². The van der Waals surface area contributed by atoms with E-state index < -0.39 is 0 Å². The van der Waals surface area contributed by atoms with Gasteiger partial charge in [0.25, 0.3) is 0 Å². The molecule has 0 aromatic heterocycles. The Bertz CT molecular complexity index is 1550. The van der Waals surface area contributed by atoms with Gasteiger partial charge < -0.3 is 35.4 Å². The van der Waals surface area contributed by atoms with Crippen LogP contribution in [0.2, 0.25) is 0 Å². The summed E-state index contributed by atoms with van der Waals surface area (Å²) in [6.07, 6.45) is 0. The van der Waals surface area contributed by atoms with Gasteiger partial charge in [0, 0.05) is 11.8 Å². The summed E-state index contributed by atoms with van der Waals surface area (Å²) >= 11 is 0. The van der Waals surface area contributed by atoms with Gasteiger partial charge in [-0.15, -0.1) is 0 Å². The van der Waals surface area contributed by atoms with Crippen molar-refractivity contribution < 1.29 is 35.4 Å². The molecule has 6 rings (SSSR count). The Morgan fingerprint density at radius 2 is 0.444 bits per heavy atom. The van der Waals surface area contributed by atoms with Crippen LogP contribution in [0, 0.1) is 0 Å². The number of benzene rings is 6. The largest absolute Gasteiger partial charge is 0.508 e. The Kier molecular flexibility index (Phi) is 9.40. The smallest absolute Gasteiger partial charge is 0.127 e. The van der Waals surface area contributed by atoms with E-state index in [1.54, 1.807) is 97.1 Å². The van der Waals surface area contributed by atoms with Gasteiger partial charge in [0.15, 0.2) is 0 Å². The van der Waals surface area contributed by atoms with Gasteiger partial charge in [-0.25, -0.2) is 0 Å². The van der Waals surface area contributed by atoms with Gasteiger partial charge >= 0.3 is 0 Å². The van der Waals surface area contributed by atoms with Crippen molar-refractivity contribution in [2.24, 2.45) is 0 Å². The molecule has 0 unspecified atom stereocenters. The first-order chi connectivity index (χ1) is 21.7. The van der Waals surface area contributed by atoms with Crippen LogP contribution < -0.4 is 4.74 Å². The predicted molar refractivity (Wildman–Crippen MR) is 172 cm³/mol. The molecule has 0 fully saturated rings. The van der Waals surface area contributed by atoms with E-state index in [2.05, 4.69) is 0 Å². The molecular weight excluding hydrogens is 568 g/mol. The highest BCUT2D eigenvalue weighted by Crippen LogP contribution is 2.44. The van der Waals surface area contributed by atoms with Crippen LogP contribution in [0.15, 0.2) is 146 Å². The summed E-state index contributed by atoms with van der Waals surface area (Å²) < 4.78 is 5.47. The molecule has 0 radical (unpaired) electrons. The maximum atomic E-state index is 9.79. The minimum absolute atomic E-state index is 0.139. The third-order valence-electron chi connectivity index (χ3n) is 7.25. The molecule has 0 heterocycles. The van der Waals surface area contributed by atoms with E-state index in [1.165, 1.54) is 0 Å². The summed E-state index contributed by atoms with van der Waals surface area (Å²) in [4.78, 5) is 0. The summed E-state index contributed by atoms with van der Waals surface area (Å²) in [7, 11) is 0. The Hall–Kier alpha value is -6.08. The summed E-state index contributed by atoms with van der Waals surface area (Å²) in [6.45, 7) is 0. The van der Waals surface area contributed by atoms with E-state index >= 15 is 0 Å². The maximum Gasteiger partial charge on any atom is 0.127 e. The highest BCUT2D eigenvalue weighted by atomic mass is 16.5. The first-order valence-electron chi connectivity index (χ1n) is 14.2. The molecule has 0 bridgehead atoms. The van der Waals surface area contributed by atoms with E-state index in [0.717, 1.165) is 22.3 Å². The van der Waals surface area contributed by atoms with Crippen LogP contribution >= 0.6 is 0 Å². The molecule has 0 aliphatic heterocycles. The number of aromatic hydroxyl groups is 6. The van der Waals surface area contributed by atoms with E-state index in [0.29, 0.717) is 11.5 Å². The van der Waals surface area contributed by atoms with Crippen LogP contribution in [-0.4, -0.2) is 30.6 Å². The van der Waals surface area contributed by atoms with Crippen molar-refractivity contribution in [3.05, 3.63) is 168 Å². The molecule has 0 saturated heterocycles. The third kappa shape index (κ3) is 8.06. The fourth-order valence-electron chi connectivity index (χ4n) is 5.05. The highest BCUT2D eigenvalue weighted by Gasteiger charge is 2.28. The van der Waals surface area contributed by atoms with Crippen molar-refractivity contribution in [1.82, 2.24) is 0 Å². The van der Waals surface area contributed by atoms with Crippen LogP contribution in [0.1, 0.15) is 34.1 Å². The van der Waals surface area contributed by atoms with Gasteiger partial charge in [-0.2, -0.15) is 0 Å². The number of rotatable bonds is 7. The summed E-state index contributed by atoms with van der Waals surface area (Å²) in [5, 5.41) is 57.3. The van der Waals surface area contributed by atoms with Gasteiger partial charge in [0.05, 0.1) is 0 Å². The molecule has 6 aromatic rings. The lowest BCUT2D eigenvalue weighted by atomic mass is 9.73. The second-order valence-corrected chi connectivity index (χ2v) is 10.4. The van der Waals surface area contributed by atoms with Gasteiger partial charge in [-0.1, -0.05) is 48.5 Å². The molecular formula is C38H32O7. The summed E-state index contributed by atoms with van der Waals surface area (Å²) in [5.41, 5.74) is 3.96. The Morgan fingerprint density at radius 3 is 0.644 bits per heavy atom. The fourth-order valence-corrected chi connectivity index (χ4v) is 5.05. The second-order valence-electron chi connectivity index (χ2n) is 10.4. The molecule has 0 aliphatic rings. The highest BCUT2D eigenvalue weighted by molar-refractivity contribution is 5.48. The monoisotopic (exact) mass is 600 g/mol. The van der Waals surface area contributed by atoms with Gasteiger partial charge in [-0.05, 0) is 119 Å². The number of hydrogen-bond acceptors (Lipinski definition) is 7. The van der Waals surface area contributed by atoms with Gasteiger partial charge in [-0.3, -0.25) is 0 Å². The fraction of sp³-hybridized carbons (Fsp3) is 0.0526. The van der Waals surface area contributed by atoms with E-state index in [1.807, 2.05) is 48.5 Å². The van der Waals surface area contributed by atoms with Gasteiger partial charge in [0.1, 0.15) is 46.0 Å². The Labute approximate surface area is 260 Å². The first-order valence-corrected chi connectivity index (χ1v) is 14.2. The van der Waals surface area contributed by atoms with Crippen molar-refractivity contribution in [3.63, 3.8) is 0 Å². The van der Waals surface area contributed by atoms with Crippen LogP contribution in [-0.2, 0) is 0 Å². The lowest BCUT2D eigenvalue weighted by Crippen LogP contribution is -2.14. The van der Waals surface area contributed by atoms with Crippen molar-refractivity contribution in [3.8, 4) is 46.0 Å². The molecule has 226 valence electrons. The molecule has 6 aromatic carbocycles. The molecule has 7 nitrogen and oxygen atoms in total. The predicted octanol–water partition coefficient (Wildman–Crippen LogP) is 8.36. The van der Waals surface area contributed by atoms with Crippen molar-refractivity contribution in [1.29, 1.82) is 0 Å². The average Bonchev–Trinajstić information content (AvgIpc) is 3.05. The van der Waals surface area contributed by atoms with Crippen molar-refractivity contribution >= 4 is 0 Å². The van der Waals surface area contributed by atoms with Crippen LogP contribution in [0.25, 0.3) is 0 Å². The molecule has 0 spiro atoms. The molecule has 0 saturated carbocycles. The summed E-state index contributed by atoms with van der Waals surface area (Å²) in [5.74, 6) is 2.16. The molecule has 7 heteroatoms. The van der Waals surface area contributed by atoms with E-state index in [9.17, 15) is 20.4 Å².